The minimum Gasteiger partial charge on any atom is -0.493 e. The summed E-state index contributed by atoms with van der Waals surface area (Å²) < 4.78 is 5.22. The molecule has 0 saturated heterocycles. The molecule has 2 amide bonds. The predicted molar refractivity (Wildman–Crippen MR) is 101 cm³/mol. The van der Waals surface area contributed by atoms with Crippen LogP contribution in [0.2, 0.25) is 0 Å². The van der Waals surface area contributed by atoms with Crippen LogP contribution in [0, 0.1) is 5.92 Å². The Labute approximate surface area is 160 Å². The summed E-state index contributed by atoms with van der Waals surface area (Å²) in [4.78, 5) is 28.5. The van der Waals surface area contributed by atoms with Crippen molar-refractivity contribution in [3.8, 4) is 5.88 Å². The van der Waals surface area contributed by atoms with Crippen molar-refractivity contribution >= 4 is 12.0 Å². The second kappa shape index (κ2) is 10.1. The van der Waals surface area contributed by atoms with E-state index in [2.05, 4.69) is 15.6 Å². The standard InChI is InChI=1S/C19H31N3O5/c1-12(2)9-15(22-18(26)27-19(3,4)5)17(25)21-14(11-23)10-13-7-6-8-20-16(13)24/h6-8,12,14-15,23H,9-11H2,1-5H3,(H,20,24)(H,21,25)(H,22,26)/t14-,15-/m0/s1. The molecular formula is C19H31N3O5. The van der Waals surface area contributed by atoms with Crippen LogP contribution >= 0.6 is 0 Å². The average molecular weight is 381 g/mol. The van der Waals surface area contributed by atoms with Crippen LogP contribution in [0.15, 0.2) is 18.3 Å². The van der Waals surface area contributed by atoms with E-state index >= 15 is 0 Å². The molecule has 2 atom stereocenters. The topological polar surface area (TPSA) is 121 Å². The number of carbonyl (C=O) groups excluding carboxylic acids is 2. The third-order valence-electron chi connectivity index (χ3n) is 3.62. The number of amides is 2. The van der Waals surface area contributed by atoms with Gasteiger partial charge in [0.05, 0.1) is 12.6 Å². The van der Waals surface area contributed by atoms with Gasteiger partial charge in [0.25, 0.3) is 0 Å². The molecule has 0 aliphatic heterocycles. The quantitative estimate of drug-likeness (QED) is 0.544. The fraction of sp³-hybridized carbons (Fsp3) is 0.632. The molecule has 0 aromatic carbocycles. The van der Waals surface area contributed by atoms with Crippen LogP contribution in [0.4, 0.5) is 4.79 Å². The third kappa shape index (κ3) is 8.72. The molecule has 1 aromatic heterocycles. The number of rotatable bonds is 8. The van der Waals surface area contributed by atoms with E-state index in [1.165, 1.54) is 6.20 Å². The molecule has 0 unspecified atom stereocenters. The molecule has 1 aromatic rings. The molecule has 8 nitrogen and oxygen atoms in total. The van der Waals surface area contributed by atoms with Crippen LogP contribution in [0.1, 0.15) is 46.6 Å². The maximum atomic E-state index is 12.7. The Morgan fingerprint density at radius 2 is 1.93 bits per heavy atom. The molecule has 152 valence electrons. The Balaban J connectivity index is 2.78. The molecule has 0 saturated carbocycles. The van der Waals surface area contributed by atoms with Crippen molar-refractivity contribution in [3.63, 3.8) is 0 Å². The Hall–Kier alpha value is -2.35. The lowest BCUT2D eigenvalue weighted by Crippen LogP contribution is -2.52. The summed E-state index contributed by atoms with van der Waals surface area (Å²) in [6.45, 7) is 8.79. The van der Waals surface area contributed by atoms with Crippen molar-refractivity contribution < 1.29 is 24.5 Å². The highest BCUT2D eigenvalue weighted by atomic mass is 16.6. The van der Waals surface area contributed by atoms with E-state index in [1.54, 1.807) is 32.9 Å². The fourth-order valence-electron chi connectivity index (χ4n) is 2.47. The number of aromatic nitrogens is 1. The number of aliphatic hydroxyl groups is 1. The Bertz CT molecular complexity index is 628. The zero-order valence-electron chi connectivity index (χ0n) is 16.7. The summed E-state index contributed by atoms with van der Waals surface area (Å²) in [5.41, 5.74) is -0.161. The van der Waals surface area contributed by atoms with E-state index in [1.807, 2.05) is 13.8 Å². The SMILES string of the molecule is CC(C)C[C@H](NC(=O)OC(C)(C)C)C(=O)N[C@H](CO)Cc1cccnc1O. The van der Waals surface area contributed by atoms with Crippen molar-refractivity contribution in [2.75, 3.05) is 6.61 Å². The highest BCUT2D eigenvalue weighted by Gasteiger charge is 2.27. The lowest BCUT2D eigenvalue weighted by atomic mass is 10.0. The van der Waals surface area contributed by atoms with Crippen molar-refractivity contribution in [3.05, 3.63) is 23.9 Å². The molecule has 0 spiro atoms. The summed E-state index contributed by atoms with van der Waals surface area (Å²) in [6.07, 6.45) is 1.41. The van der Waals surface area contributed by atoms with Crippen molar-refractivity contribution in [1.29, 1.82) is 0 Å². The Morgan fingerprint density at radius 1 is 1.26 bits per heavy atom. The average Bonchev–Trinajstić information content (AvgIpc) is 2.53. The van der Waals surface area contributed by atoms with Crippen molar-refractivity contribution in [2.45, 2.75) is 65.1 Å². The van der Waals surface area contributed by atoms with Gasteiger partial charge < -0.3 is 25.6 Å². The molecule has 8 heteroatoms. The maximum absolute atomic E-state index is 12.7. The summed E-state index contributed by atoms with van der Waals surface area (Å²) >= 11 is 0. The van der Waals surface area contributed by atoms with Crippen LogP contribution in [0.5, 0.6) is 5.88 Å². The molecule has 0 aliphatic rings. The van der Waals surface area contributed by atoms with Crippen molar-refractivity contribution in [1.82, 2.24) is 15.6 Å². The van der Waals surface area contributed by atoms with E-state index in [0.717, 1.165) is 0 Å². The normalized spacial score (nSPS) is 13.7. The maximum Gasteiger partial charge on any atom is 0.408 e. The lowest BCUT2D eigenvalue weighted by molar-refractivity contribution is -0.124. The van der Waals surface area contributed by atoms with Gasteiger partial charge in [0.1, 0.15) is 11.6 Å². The first-order chi connectivity index (χ1) is 12.5. The summed E-state index contributed by atoms with van der Waals surface area (Å²) in [7, 11) is 0. The van der Waals surface area contributed by atoms with Gasteiger partial charge in [0.2, 0.25) is 11.8 Å². The number of ether oxygens (including phenoxy) is 1. The smallest absolute Gasteiger partial charge is 0.408 e. The number of nitrogens with zero attached hydrogens (tertiary/aromatic N) is 1. The summed E-state index contributed by atoms with van der Waals surface area (Å²) in [6, 6.07) is 1.91. The van der Waals surface area contributed by atoms with E-state index in [0.29, 0.717) is 12.0 Å². The third-order valence-corrected chi connectivity index (χ3v) is 3.62. The van der Waals surface area contributed by atoms with Crippen LogP contribution in [0.3, 0.4) is 0 Å². The largest absolute Gasteiger partial charge is 0.493 e. The van der Waals surface area contributed by atoms with Gasteiger partial charge in [0, 0.05) is 18.2 Å². The van der Waals surface area contributed by atoms with Crippen LogP contribution in [-0.4, -0.2) is 51.5 Å². The summed E-state index contributed by atoms with van der Waals surface area (Å²) in [5.74, 6) is -0.404. The molecule has 0 radical (unpaired) electrons. The second-order valence-corrected chi connectivity index (χ2v) is 7.91. The molecule has 4 N–H and O–H groups in total. The lowest BCUT2D eigenvalue weighted by Gasteiger charge is -2.26. The minimum absolute atomic E-state index is 0.143. The second-order valence-electron chi connectivity index (χ2n) is 7.91. The number of hydrogen-bond acceptors (Lipinski definition) is 6. The van der Waals surface area contributed by atoms with E-state index in [-0.39, 0.29) is 24.8 Å². The Morgan fingerprint density at radius 3 is 2.44 bits per heavy atom. The number of hydrogen-bond donors (Lipinski definition) is 4. The number of nitrogens with one attached hydrogen (secondary N) is 2. The van der Waals surface area contributed by atoms with E-state index in [9.17, 15) is 19.8 Å². The molecule has 0 aliphatic carbocycles. The first kappa shape index (κ1) is 22.7. The minimum atomic E-state index is -0.795. The van der Waals surface area contributed by atoms with Crippen LogP contribution in [-0.2, 0) is 16.0 Å². The van der Waals surface area contributed by atoms with Crippen LogP contribution in [0.25, 0.3) is 0 Å². The van der Waals surface area contributed by atoms with Gasteiger partial charge in [-0.2, -0.15) is 0 Å². The number of carbonyl (C=O) groups is 2. The van der Waals surface area contributed by atoms with Gasteiger partial charge in [0.15, 0.2) is 0 Å². The van der Waals surface area contributed by atoms with E-state index < -0.39 is 29.7 Å². The van der Waals surface area contributed by atoms with Gasteiger partial charge in [-0.15, -0.1) is 0 Å². The number of pyridine rings is 1. The molecule has 0 bridgehead atoms. The zero-order chi connectivity index (χ0) is 20.6. The first-order valence-electron chi connectivity index (χ1n) is 9.05. The van der Waals surface area contributed by atoms with E-state index in [4.69, 9.17) is 4.74 Å². The van der Waals surface area contributed by atoms with Gasteiger partial charge in [-0.3, -0.25) is 4.79 Å². The highest BCUT2D eigenvalue weighted by Crippen LogP contribution is 2.15. The van der Waals surface area contributed by atoms with Gasteiger partial charge >= 0.3 is 6.09 Å². The predicted octanol–water partition coefficient (Wildman–Crippen LogP) is 1.75. The fourth-order valence-corrected chi connectivity index (χ4v) is 2.47. The number of aromatic hydroxyl groups is 1. The molecule has 0 fully saturated rings. The van der Waals surface area contributed by atoms with Crippen LogP contribution < -0.4 is 10.6 Å². The van der Waals surface area contributed by atoms with Crippen molar-refractivity contribution in [2.24, 2.45) is 5.92 Å². The first-order valence-corrected chi connectivity index (χ1v) is 9.05. The number of aliphatic hydroxyl groups excluding tert-OH is 1. The van der Waals surface area contributed by atoms with Gasteiger partial charge in [-0.25, -0.2) is 9.78 Å². The molecule has 1 heterocycles. The molecular weight excluding hydrogens is 350 g/mol. The zero-order valence-corrected chi connectivity index (χ0v) is 16.7. The monoisotopic (exact) mass is 381 g/mol. The molecule has 27 heavy (non-hydrogen) atoms. The number of alkyl carbamates (subject to hydrolysis) is 1. The van der Waals surface area contributed by atoms with Gasteiger partial charge in [-0.05, 0) is 39.2 Å². The molecule has 1 rings (SSSR count). The highest BCUT2D eigenvalue weighted by molar-refractivity contribution is 5.85. The summed E-state index contributed by atoms with van der Waals surface area (Å²) in [5, 5.41) is 24.7. The Kier molecular flexibility index (Phi) is 8.49. The van der Waals surface area contributed by atoms with Gasteiger partial charge in [-0.1, -0.05) is 19.9 Å².